The smallest absolute Gasteiger partial charge is 0.156 e. The lowest BCUT2D eigenvalue weighted by Crippen LogP contribution is -2.22. The summed E-state index contributed by atoms with van der Waals surface area (Å²) in [5.74, 6) is 0.806. The number of hydrogen-bond donors (Lipinski definition) is 0. The van der Waals surface area contributed by atoms with Crippen molar-refractivity contribution in [3.05, 3.63) is 66.6 Å². The van der Waals surface area contributed by atoms with Crippen LogP contribution in [0, 0.1) is 0 Å². The minimum absolute atomic E-state index is 0.186. The van der Waals surface area contributed by atoms with Crippen LogP contribution in [0.15, 0.2) is 61.1 Å². The largest absolute Gasteiger partial charge is 0.271 e. The minimum Gasteiger partial charge on any atom is -0.271 e. The van der Waals surface area contributed by atoms with Gasteiger partial charge in [0.1, 0.15) is 6.33 Å². The van der Waals surface area contributed by atoms with Gasteiger partial charge in [-0.15, -0.1) is 0 Å². The molecule has 4 rings (SSSR count). The second-order valence-electron chi connectivity index (χ2n) is 5.10. The predicted octanol–water partition coefficient (Wildman–Crippen LogP) is 3.51. The number of hydrogen-bond acceptors (Lipinski definition) is 4. The molecular weight excluding hydrogens is 262 g/mol. The average Bonchev–Trinajstić information content (AvgIpc) is 3.04. The summed E-state index contributed by atoms with van der Waals surface area (Å²) in [5.41, 5.74) is 1.28. The first-order chi connectivity index (χ1) is 10.4. The van der Waals surface area contributed by atoms with E-state index in [-0.39, 0.29) is 6.04 Å². The molecule has 0 radical (unpaired) electrons. The molecule has 2 aromatic carbocycles. The SMILES string of the molecule is c1ccc2c([C@H]3CCON3c3ccncn3)cccc2c1. The molecule has 0 amide bonds. The fourth-order valence-electron chi connectivity index (χ4n) is 2.93. The third-order valence-corrected chi connectivity index (χ3v) is 3.88. The summed E-state index contributed by atoms with van der Waals surface area (Å²) in [4.78, 5) is 14.1. The third-order valence-electron chi connectivity index (χ3n) is 3.88. The molecule has 3 aromatic rings. The molecule has 0 N–H and O–H groups in total. The van der Waals surface area contributed by atoms with Gasteiger partial charge < -0.3 is 0 Å². The molecule has 4 heteroatoms. The maximum atomic E-state index is 5.80. The van der Waals surface area contributed by atoms with Crippen LogP contribution in [0.1, 0.15) is 18.0 Å². The molecule has 104 valence electrons. The number of benzene rings is 2. The highest BCUT2D eigenvalue weighted by Crippen LogP contribution is 2.36. The molecule has 1 aromatic heterocycles. The summed E-state index contributed by atoms with van der Waals surface area (Å²) >= 11 is 0. The van der Waals surface area contributed by atoms with Crippen molar-refractivity contribution in [2.75, 3.05) is 11.7 Å². The van der Waals surface area contributed by atoms with E-state index in [9.17, 15) is 0 Å². The Kier molecular flexibility index (Phi) is 3.01. The first-order valence-corrected chi connectivity index (χ1v) is 7.09. The van der Waals surface area contributed by atoms with Crippen LogP contribution >= 0.6 is 0 Å². The fourth-order valence-corrected chi connectivity index (χ4v) is 2.93. The average molecular weight is 277 g/mol. The van der Waals surface area contributed by atoms with Crippen LogP contribution in [0.3, 0.4) is 0 Å². The summed E-state index contributed by atoms with van der Waals surface area (Å²) in [6, 6.07) is 16.9. The van der Waals surface area contributed by atoms with E-state index in [0.29, 0.717) is 6.61 Å². The molecule has 1 aliphatic rings. The Morgan fingerprint density at radius 2 is 1.95 bits per heavy atom. The quantitative estimate of drug-likeness (QED) is 0.718. The first-order valence-electron chi connectivity index (χ1n) is 7.09. The van der Waals surface area contributed by atoms with Gasteiger partial charge in [-0.05, 0) is 16.3 Å². The lowest BCUT2D eigenvalue weighted by molar-refractivity contribution is 0.157. The topological polar surface area (TPSA) is 38.2 Å². The Balaban J connectivity index is 1.81. The maximum absolute atomic E-state index is 5.80. The molecule has 1 saturated heterocycles. The lowest BCUT2D eigenvalue weighted by atomic mass is 9.97. The highest BCUT2D eigenvalue weighted by atomic mass is 16.7. The highest BCUT2D eigenvalue weighted by Gasteiger charge is 2.29. The second-order valence-corrected chi connectivity index (χ2v) is 5.10. The lowest BCUT2D eigenvalue weighted by Gasteiger charge is -2.24. The van der Waals surface area contributed by atoms with Gasteiger partial charge in [-0.1, -0.05) is 42.5 Å². The van der Waals surface area contributed by atoms with Gasteiger partial charge in [-0.2, -0.15) is 0 Å². The van der Waals surface area contributed by atoms with Crippen LogP contribution in [0.25, 0.3) is 10.8 Å². The molecule has 0 aliphatic carbocycles. The van der Waals surface area contributed by atoms with Crippen molar-refractivity contribution >= 4 is 16.6 Å². The first kappa shape index (κ1) is 12.3. The van der Waals surface area contributed by atoms with Crippen molar-refractivity contribution in [1.82, 2.24) is 9.97 Å². The molecule has 21 heavy (non-hydrogen) atoms. The van der Waals surface area contributed by atoms with Gasteiger partial charge in [0, 0.05) is 18.7 Å². The summed E-state index contributed by atoms with van der Waals surface area (Å²) in [5, 5.41) is 4.43. The Morgan fingerprint density at radius 3 is 2.86 bits per heavy atom. The van der Waals surface area contributed by atoms with Gasteiger partial charge in [-0.25, -0.2) is 15.0 Å². The van der Waals surface area contributed by atoms with Crippen molar-refractivity contribution in [3.8, 4) is 0 Å². The number of hydroxylamine groups is 1. The van der Waals surface area contributed by atoms with E-state index in [2.05, 4.69) is 52.4 Å². The van der Waals surface area contributed by atoms with Gasteiger partial charge in [0.15, 0.2) is 5.82 Å². The Hall–Kier alpha value is -2.46. The fraction of sp³-hybridized carbons (Fsp3) is 0.176. The molecule has 0 bridgehead atoms. The van der Waals surface area contributed by atoms with E-state index in [1.165, 1.54) is 16.3 Å². The minimum atomic E-state index is 0.186. The van der Waals surface area contributed by atoms with E-state index in [4.69, 9.17) is 4.84 Å². The van der Waals surface area contributed by atoms with Crippen LogP contribution in [-0.4, -0.2) is 16.6 Å². The molecule has 0 unspecified atom stereocenters. The summed E-state index contributed by atoms with van der Waals surface area (Å²) in [7, 11) is 0. The van der Waals surface area contributed by atoms with Crippen molar-refractivity contribution in [3.63, 3.8) is 0 Å². The predicted molar refractivity (Wildman–Crippen MR) is 81.8 cm³/mol. The number of anilines is 1. The van der Waals surface area contributed by atoms with E-state index >= 15 is 0 Å². The number of rotatable bonds is 2. The van der Waals surface area contributed by atoms with Gasteiger partial charge >= 0.3 is 0 Å². The molecular formula is C17H15N3O. The van der Waals surface area contributed by atoms with Crippen LogP contribution in [0.5, 0.6) is 0 Å². The van der Waals surface area contributed by atoms with Crippen molar-refractivity contribution in [1.29, 1.82) is 0 Å². The monoisotopic (exact) mass is 277 g/mol. The summed E-state index contributed by atoms with van der Waals surface area (Å²) in [6.45, 7) is 0.706. The summed E-state index contributed by atoms with van der Waals surface area (Å²) in [6.07, 6.45) is 4.25. The van der Waals surface area contributed by atoms with Gasteiger partial charge in [0.05, 0.1) is 12.6 Å². The van der Waals surface area contributed by atoms with Gasteiger partial charge in [-0.3, -0.25) is 4.84 Å². The standard InChI is InChI=1S/C17H15N3O/c1-2-6-14-13(4-1)5-3-7-15(14)16-9-11-21-20(16)17-8-10-18-12-19-17/h1-8,10,12,16H,9,11H2/t16-/m1/s1. The maximum Gasteiger partial charge on any atom is 0.156 e. The van der Waals surface area contributed by atoms with Crippen molar-refractivity contribution in [2.24, 2.45) is 0 Å². The zero-order valence-corrected chi connectivity index (χ0v) is 11.5. The molecule has 2 heterocycles. The number of nitrogens with zero attached hydrogens (tertiary/aromatic N) is 3. The molecule has 1 aliphatic heterocycles. The highest BCUT2D eigenvalue weighted by molar-refractivity contribution is 5.86. The molecule has 1 fully saturated rings. The number of fused-ring (bicyclic) bond motifs is 1. The molecule has 4 nitrogen and oxygen atoms in total. The van der Waals surface area contributed by atoms with E-state index in [1.54, 1.807) is 12.5 Å². The van der Waals surface area contributed by atoms with Crippen LogP contribution in [0.4, 0.5) is 5.82 Å². The van der Waals surface area contributed by atoms with Gasteiger partial charge in [0.2, 0.25) is 0 Å². The van der Waals surface area contributed by atoms with Crippen LogP contribution in [-0.2, 0) is 4.84 Å². The zero-order valence-electron chi connectivity index (χ0n) is 11.5. The second kappa shape index (κ2) is 5.14. The molecule has 0 spiro atoms. The molecule has 0 saturated carbocycles. The van der Waals surface area contributed by atoms with E-state index in [1.807, 2.05) is 11.1 Å². The van der Waals surface area contributed by atoms with Crippen molar-refractivity contribution < 1.29 is 4.84 Å². The Bertz CT molecular complexity index is 755. The van der Waals surface area contributed by atoms with E-state index in [0.717, 1.165) is 12.2 Å². The zero-order chi connectivity index (χ0) is 14.1. The third kappa shape index (κ3) is 2.14. The summed E-state index contributed by atoms with van der Waals surface area (Å²) < 4.78 is 0. The van der Waals surface area contributed by atoms with Crippen LogP contribution < -0.4 is 5.06 Å². The normalized spacial score (nSPS) is 18.3. The van der Waals surface area contributed by atoms with Crippen molar-refractivity contribution in [2.45, 2.75) is 12.5 Å². The Morgan fingerprint density at radius 1 is 1.05 bits per heavy atom. The van der Waals surface area contributed by atoms with Crippen LogP contribution in [0.2, 0.25) is 0 Å². The molecule has 1 atom stereocenters. The number of aromatic nitrogens is 2. The van der Waals surface area contributed by atoms with E-state index < -0.39 is 0 Å². The van der Waals surface area contributed by atoms with Gasteiger partial charge in [0.25, 0.3) is 0 Å². The Labute approximate surface area is 123 Å².